The van der Waals surface area contributed by atoms with Gasteiger partial charge in [0.15, 0.2) is 5.78 Å². The molecule has 3 aromatic rings. The van der Waals surface area contributed by atoms with Crippen molar-refractivity contribution in [1.82, 2.24) is 0 Å². The van der Waals surface area contributed by atoms with Gasteiger partial charge < -0.3 is 14.6 Å². The molecule has 136 valence electrons. The van der Waals surface area contributed by atoms with Gasteiger partial charge in [-0.05, 0) is 41.5 Å². The predicted molar refractivity (Wildman–Crippen MR) is 105 cm³/mol. The Bertz CT molecular complexity index is 946. The van der Waals surface area contributed by atoms with Gasteiger partial charge in [-0.15, -0.1) is 0 Å². The van der Waals surface area contributed by atoms with Gasteiger partial charge in [0, 0.05) is 6.07 Å². The zero-order valence-electron chi connectivity index (χ0n) is 15.0. The first-order valence-electron chi connectivity index (χ1n) is 8.52. The predicted octanol–water partition coefficient (Wildman–Crippen LogP) is 4.88. The van der Waals surface area contributed by atoms with Crippen LogP contribution < -0.4 is 9.47 Å². The van der Waals surface area contributed by atoms with Crippen molar-refractivity contribution in [3.05, 3.63) is 95.6 Å². The Morgan fingerprint density at radius 2 is 1.78 bits per heavy atom. The highest BCUT2D eigenvalue weighted by Gasteiger charge is 2.10. The van der Waals surface area contributed by atoms with Crippen LogP contribution in [-0.2, 0) is 6.61 Å². The molecule has 0 saturated carbocycles. The summed E-state index contributed by atoms with van der Waals surface area (Å²) >= 11 is 0. The minimum atomic E-state index is -0.287. The number of methoxy groups -OCH3 is 1. The van der Waals surface area contributed by atoms with Crippen molar-refractivity contribution < 1.29 is 19.4 Å². The number of hydrogen-bond acceptors (Lipinski definition) is 4. The minimum absolute atomic E-state index is 0.110. The maximum Gasteiger partial charge on any atom is 0.189 e. The lowest BCUT2D eigenvalue weighted by atomic mass is 10.1. The lowest BCUT2D eigenvalue weighted by Gasteiger charge is -2.08. The second-order valence-corrected chi connectivity index (χ2v) is 5.93. The number of ketones is 1. The number of ether oxygens (including phenoxy) is 2. The Morgan fingerprint density at radius 1 is 0.963 bits per heavy atom. The number of benzene rings is 3. The lowest BCUT2D eigenvalue weighted by Crippen LogP contribution is -1.98. The van der Waals surface area contributed by atoms with Crippen LogP contribution in [0.3, 0.4) is 0 Å². The second-order valence-electron chi connectivity index (χ2n) is 5.93. The Balaban J connectivity index is 1.67. The third-order valence-electron chi connectivity index (χ3n) is 4.00. The third-order valence-corrected chi connectivity index (χ3v) is 4.00. The normalized spacial score (nSPS) is 10.7. The molecular formula is C23H20O4. The van der Waals surface area contributed by atoms with Crippen LogP contribution in [0, 0.1) is 0 Å². The number of phenolic OH excluding ortho intramolecular Hbond substituents is 1. The maximum absolute atomic E-state index is 12.4. The van der Waals surface area contributed by atoms with Crippen molar-refractivity contribution >= 4 is 11.9 Å². The fraction of sp³-hybridized carbons (Fsp3) is 0.0870. The summed E-state index contributed by atoms with van der Waals surface area (Å²) in [5.74, 6) is 0.822. The van der Waals surface area contributed by atoms with Crippen LogP contribution in [0.15, 0.2) is 78.9 Å². The fourth-order valence-corrected chi connectivity index (χ4v) is 2.56. The van der Waals surface area contributed by atoms with Gasteiger partial charge in [0.25, 0.3) is 0 Å². The molecule has 0 aromatic heterocycles. The van der Waals surface area contributed by atoms with E-state index in [1.165, 1.54) is 12.1 Å². The van der Waals surface area contributed by atoms with E-state index in [9.17, 15) is 9.90 Å². The van der Waals surface area contributed by atoms with Gasteiger partial charge in [0.1, 0.15) is 23.9 Å². The summed E-state index contributed by atoms with van der Waals surface area (Å²) in [7, 11) is 1.59. The molecule has 0 spiro atoms. The molecule has 0 aliphatic heterocycles. The van der Waals surface area contributed by atoms with E-state index in [2.05, 4.69) is 0 Å². The lowest BCUT2D eigenvalue weighted by molar-refractivity contribution is 0.104. The molecule has 3 rings (SSSR count). The van der Waals surface area contributed by atoms with Crippen LogP contribution in [0.4, 0.5) is 0 Å². The number of allylic oxidation sites excluding steroid dienone is 1. The number of rotatable bonds is 7. The summed E-state index contributed by atoms with van der Waals surface area (Å²) in [4.78, 5) is 12.4. The Morgan fingerprint density at radius 3 is 2.52 bits per heavy atom. The molecule has 27 heavy (non-hydrogen) atoms. The van der Waals surface area contributed by atoms with Crippen LogP contribution in [0.2, 0.25) is 0 Å². The Labute approximate surface area is 158 Å². The molecule has 0 aliphatic carbocycles. The maximum atomic E-state index is 12.4. The average molecular weight is 360 g/mol. The molecule has 0 atom stereocenters. The molecule has 4 nitrogen and oxygen atoms in total. The largest absolute Gasteiger partial charge is 0.507 e. The summed E-state index contributed by atoms with van der Waals surface area (Å²) < 4.78 is 10.8. The molecule has 0 amide bonds. The molecule has 0 bridgehead atoms. The highest BCUT2D eigenvalue weighted by Crippen LogP contribution is 2.25. The van der Waals surface area contributed by atoms with Gasteiger partial charge in [-0.25, -0.2) is 0 Å². The van der Waals surface area contributed by atoms with Crippen molar-refractivity contribution in [1.29, 1.82) is 0 Å². The summed E-state index contributed by atoms with van der Waals surface area (Å²) in [6.07, 6.45) is 3.11. The van der Waals surface area contributed by atoms with E-state index in [4.69, 9.17) is 9.47 Å². The van der Waals surface area contributed by atoms with E-state index in [0.29, 0.717) is 18.1 Å². The van der Waals surface area contributed by atoms with Crippen molar-refractivity contribution in [3.8, 4) is 17.2 Å². The molecule has 0 fully saturated rings. The van der Waals surface area contributed by atoms with Crippen molar-refractivity contribution in [2.45, 2.75) is 6.61 Å². The molecule has 1 N–H and O–H groups in total. The molecule has 0 saturated heterocycles. The molecule has 0 heterocycles. The zero-order chi connectivity index (χ0) is 19.1. The van der Waals surface area contributed by atoms with E-state index in [1.807, 2.05) is 54.6 Å². The first kappa shape index (κ1) is 18.3. The second kappa shape index (κ2) is 8.72. The molecule has 0 unspecified atom stereocenters. The quantitative estimate of drug-likeness (QED) is 0.482. The summed E-state index contributed by atoms with van der Waals surface area (Å²) in [5, 5.41) is 10.2. The van der Waals surface area contributed by atoms with Crippen LogP contribution in [-0.4, -0.2) is 18.0 Å². The topological polar surface area (TPSA) is 55.8 Å². The average Bonchev–Trinajstić information content (AvgIpc) is 2.71. The summed E-state index contributed by atoms with van der Waals surface area (Å²) in [5.41, 5.74) is 2.09. The fourth-order valence-electron chi connectivity index (χ4n) is 2.56. The Kier molecular flexibility index (Phi) is 5.90. The Hall–Kier alpha value is -3.53. The van der Waals surface area contributed by atoms with Crippen LogP contribution in [0.25, 0.3) is 6.08 Å². The van der Waals surface area contributed by atoms with Crippen LogP contribution >= 0.6 is 0 Å². The van der Waals surface area contributed by atoms with Gasteiger partial charge >= 0.3 is 0 Å². The highest BCUT2D eigenvalue weighted by molar-refractivity contribution is 6.08. The van der Waals surface area contributed by atoms with Crippen LogP contribution in [0.1, 0.15) is 21.5 Å². The first-order chi connectivity index (χ1) is 13.2. The standard InChI is InChI=1S/C23H20O4/c1-26-19-9-5-8-17(14-19)10-13-22(24)21-12-11-20(15-23(21)25)27-16-18-6-3-2-4-7-18/h2-15,25H,16H2,1H3/b13-10+. The van der Waals surface area contributed by atoms with Gasteiger partial charge in [-0.3, -0.25) is 4.79 Å². The van der Waals surface area contributed by atoms with E-state index in [-0.39, 0.29) is 17.1 Å². The summed E-state index contributed by atoms with van der Waals surface area (Å²) in [6, 6.07) is 21.8. The minimum Gasteiger partial charge on any atom is -0.507 e. The molecule has 0 radical (unpaired) electrons. The van der Waals surface area contributed by atoms with Gasteiger partial charge in [0.2, 0.25) is 0 Å². The zero-order valence-corrected chi connectivity index (χ0v) is 15.0. The van der Waals surface area contributed by atoms with Gasteiger partial charge in [-0.2, -0.15) is 0 Å². The number of carbonyl (C=O) groups excluding carboxylic acids is 1. The number of hydrogen-bond donors (Lipinski definition) is 1. The van der Waals surface area contributed by atoms with Gasteiger partial charge in [0.05, 0.1) is 12.7 Å². The first-order valence-corrected chi connectivity index (χ1v) is 8.52. The van der Waals surface area contributed by atoms with Crippen molar-refractivity contribution in [3.63, 3.8) is 0 Å². The van der Waals surface area contributed by atoms with Gasteiger partial charge in [-0.1, -0.05) is 48.5 Å². The molecule has 3 aromatic carbocycles. The monoisotopic (exact) mass is 360 g/mol. The number of phenols is 1. The van der Waals surface area contributed by atoms with E-state index in [0.717, 1.165) is 11.1 Å². The number of aromatic hydroxyl groups is 1. The third kappa shape index (κ3) is 4.98. The molecule has 4 heteroatoms. The number of carbonyl (C=O) groups is 1. The molecule has 0 aliphatic rings. The molecular weight excluding hydrogens is 340 g/mol. The highest BCUT2D eigenvalue weighted by atomic mass is 16.5. The SMILES string of the molecule is COc1cccc(/C=C/C(=O)c2ccc(OCc3ccccc3)cc2O)c1. The smallest absolute Gasteiger partial charge is 0.189 e. The van der Waals surface area contributed by atoms with Crippen molar-refractivity contribution in [2.24, 2.45) is 0 Å². The summed E-state index contributed by atoms with van der Waals surface area (Å²) in [6.45, 7) is 0.392. The van der Waals surface area contributed by atoms with E-state index in [1.54, 1.807) is 25.3 Å². The van der Waals surface area contributed by atoms with Crippen LogP contribution in [0.5, 0.6) is 17.2 Å². The van der Waals surface area contributed by atoms with E-state index < -0.39 is 0 Å². The van der Waals surface area contributed by atoms with E-state index >= 15 is 0 Å². The van der Waals surface area contributed by atoms with Crippen molar-refractivity contribution in [2.75, 3.05) is 7.11 Å².